The second-order valence-electron chi connectivity index (χ2n) is 6.81. The van der Waals surface area contributed by atoms with Crippen molar-refractivity contribution in [3.8, 4) is 5.75 Å². The molecule has 0 radical (unpaired) electrons. The average Bonchev–Trinajstić information content (AvgIpc) is 3.22. The lowest BCUT2D eigenvalue weighted by atomic mass is 10.1. The molecule has 1 heterocycles. The van der Waals surface area contributed by atoms with Crippen molar-refractivity contribution in [2.24, 2.45) is 0 Å². The monoisotopic (exact) mass is 366 g/mol. The van der Waals surface area contributed by atoms with Gasteiger partial charge in [0.2, 0.25) is 0 Å². The van der Waals surface area contributed by atoms with E-state index in [0.29, 0.717) is 23.4 Å². The van der Waals surface area contributed by atoms with Crippen LogP contribution < -0.4 is 10.1 Å². The summed E-state index contributed by atoms with van der Waals surface area (Å²) in [6.45, 7) is 5.40. The minimum atomic E-state index is -0.624. The fourth-order valence-electron chi connectivity index (χ4n) is 3.25. The van der Waals surface area contributed by atoms with Gasteiger partial charge >= 0.3 is 0 Å². The van der Waals surface area contributed by atoms with Crippen LogP contribution >= 0.6 is 0 Å². The Kier molecular flexibility index (Phi) is 6.12. The molecule has 2 aromatic rings. The van der Waals surface area contributed by atoms with Gasteiger partial charge in [0.1, 0.15) is 5.75 Å². The van der Waals surface area contributed by atoms with Crippen molar-refractivity contribution in [3.63, 3.8) is 0 Å². The van der Waals surface area contributed by atoms with E-state index in [1.807, 2.05) is 55.1 Å². The van der Waals surface area contributed by atoms with Crippen molar-refractivity contribution < 1.29 is 14.3 Å². The molecule has 0 aromatic heterocycles. The van der Waals surface area contributed by atoms with Gasteiger partial charge in [0.05, 0.1) is 11.3 Å². The molecule has 1 aliphatic heterocycles. The maximum atomic E-state index is 12.8. The molecule has 0 aliphatic carbocycles. The SMILES string of the molecule is CC[C@H](Oc1ccccc1C)C(=O)Nc1ccccc1C(=O)N1CCCC1. The molecule has 0 saturated carbocycles. The van der Waals surface area contributed by atoms with E-state index in [4.69, 9.17) is 4.74 Å². The topological polar surface area (TPSA) is 58.6 Å². The quantitative estimate of drug-likeness (QED) is 0.840. The van der Waals surface area contributed by atoms with Crippen molar-refractivity contribution in [3.05, 3.63) is 59.7 Å². The fraction of sp³-hybridized carbons (Fsp3) is 0.364. The number of hydrogen-bond donors (Lipinski definition) is 1. The molecule has 1 atom stereocenters. The van der Waals surface area contributed by atoms with E-state index in [1.54, 1.807) is 12.1 Å². The van der Waals surface area contributed by atoms with Gasteiger partial charge in [-0.05, 0) is 49.9 Å². The van der Waals surface area contributed by atoms with E-state index in [9.17, 15) is 9.59 Å². The van der Waals surface area contributed by atoms with Crippen LogP contribution in [0.25, 0.3) is 0 Å². The number of nitrogens with zero attached hydrogens (tertiary/aromatic N) is 1. The van der Waals surface area contributed by atoms with Crippen LogP contribution in [0.2, 0.25) is 0 Å². The number of anilines is 1. The lowest BCUT2D eigenvalue weighted by molar-refractivity contribution is -0.122. The molecule has 0 bridgehead atoms. The lowest BCUT2D eigenvalue weighted by Gasteiger charge is -2.21. The Morgan fingerprint density at radius 2 is 1.74 bits per heavy atom. The van der Waals surface area contributed by atoms with Crippen LogP contribution in [0.4, 0.5) is 5.69 Å². The molecule has 2 aromatic carbocycles. The molecule has 1 aliphatic rings. The van der Waals surface area contributed by atoms with Gasteiger partial charge in [-0.25, -0.2) is 0 Å². The summed E-state index contributed by atoms with van der Waals surface area (Å²) in [5.74, 6) is 0.416. The number of rotatable bonds is 6. The summed E-state index contributed by atoms with van der Waals surface area (Å²) >= 11 is 0. The third kappa shape index (κ3) is 4.48. The van der Waals surface area contributed by atoms with Gasteiger partial charge in [0.25, 0.3) is 11.8 Å². The smallest absolute Gasteiger partial charge is 0.265 e. The highest BCUT2D eigenvalue weighted by Crippen LogP contribution is 2.22. The molecule has 3 rings (SSSR count). The Morgan fingerprint density at radius 1 is 1.07 bits per heavy atom. The normalized spacial score (nSPS) is 14.7. The fourth-order valence-corrected chi connectivity index (χ4v) is 3.25. The number of nitrogens with one attached hydrogen (secondary N) is 1. The van der Waals surface area contributed by atoms with Crippen molar-refractivity contribution in [2.75, 3.05) is 18.4 Å². The maximum absolute atomic E-state index is 12.8. The lowest BCUT2D eigenvalue weighted by Crippen LogP contribution is -2.34. The van der Waals surface area contributed by atoms with Crippen LogP contribution in [0.3, 0.4) is 0 Å². The second-order valence-corrected chi connectivity index (χ2v) is 6.81. The summed E-state index contributed by atoms with van der Waals surface area (Å²) in [6.07, 6.45) is 1.97. The Bertz CT molecular complexity index is 813. The Morgan fingerprint density at radius 3 is 2.44 bits per heavy atom. The highest BCUT2D eigenvalue weighted by molar-refractivity contribution is 6.04. The molecule has 0 unspecified atom stereocenters. The van der Waals surface area contributed by atoms with E-state index < -0.39 is 6.10 Å². The molecular formula is C22H26N2O3. The van der Waals surface area contributed by atoms with Crippen LogP contribution in [0.15, 0.2) is 48.5 Å². The second kappa shape index (κ2) is 8.71. The van der Waals surface area contributed by atoms with Crippen LogP contribution in [0, 0.1) is 6.92 Å². The number of likely N-dealkylation sites (tertiary alicyclic amines) is 1. The summed E-state index contributed by atoms with van der Waals surface area (Å²) in [5.41, 5.74) is 2.04. The molecule has 1 fully saturated rings. The van der Waals surface area contributed by atoms with Crippen molar-refractivity contribution in [1.29, 1.82) is 0 Å². The molecule has 0 spiro atoms. The van der Waals surface area contributed by atoms with Crippen molar-refractivity contribution in [2.45, 2.75) is 39.2 Å². The Labute approximate surface area is 160 Å². The van der Waals surface area contributed by atoms with Gasteiger partial charge in [-0.2, -0.15) is 0 Å². The number of aryl methyl sites for hydroxylation is 1. The van der Waals surface area contributed by atoms with Crippen LogP contribution in [0.5, 0.6) is 5.75 Å². The Hall–Kier alpha value is -2.82. The molecule has 1 N–H and O–H groups in total. The van der Waals surface area contributed by atoms with E-state index in [1.165, 1.54) is 0 Å². The van der Waals surface area contributed by atoms with Gasteiger partial charge in [0.15, 0.2) is 6.10 Å². The third-order valence-electron chi connectivity index (χ3n) is 4.83. The molecule has 2 amide bonds. The van der Waals surface area contributed by atoms with Gasteiger partial charge in [-0.15, -0.1) is 0 Å². The van der Waals surface area contributed by atoms with Gasteiger partial charge in [0, 0.05) is 13.1 Å². The van der Waals surface area contributed by atoms with Crippen molar-refractivity contribution >= 4 is 17.5 Å². The van der Waals surface area contributed by atoms with E-state index >= 15 is 0 Å². The predicted molar refractivity (Wildman–Crippen MR) is 106 cm³/mol. The van der Waals surface area contributed by atoms with E-state index in [2.05, 4.69) is 5.32 Å². The molecule has 27 heavy (non-hydrogen) atoms. The largest absolute Gasteiger partial charge is 0.480 e. The summed E-state index contributed by atoms with van der Waals surface area (Å²) in [4.78, 5) is 27.4. The molecule has 5 nitrogen and oxygen atoms in total. The number of benzene rings is 2. The first-order valence-corrected chi connectivity index (χ1v) is 9.51. The number of ether oxygens (including phenoxy) is 1. The number of carbonyl (C=O) groups is 2. The van der Waals surface area contributed by atoms with E-state index in [0.717, 1.165) is 31.5 Å². The Balaban J connectivity index is 1.74. The van der Waals surface area contributed by atoms with E-state index in [-0.39, 0.29) is 11.8 Å². The zero-order valence-electron chi connectivity index (χ0n) is 15.9. The first kappa shape index (κ1) is 19.0. The van der Waals surface area contributed by atoms with Gasteiger partial charge in [-0.1, -0.05) is 37.3 Å². The highest BCUT2D eigenvalue weighted by atomic mass is 16.5. The average molecular weight is 366 g/mol. The predicted octanol–water partition coefficient (Wildman–Crippen LogP) is 4.03. The van der Waals surface area contributed by atoms with Crippen LogP contribution in [-0.2, 0) is 4.79 Å². The first-order valence-electron chi connectivity index (χ1n) is 9.51. The standard InChI is InChI=1S/C22H26N2O3/c1-3-19(27-20-13-7-4-10-16(20)2)21(25)23-18-12-6-5-11-17(18)22(26)24-14-8-9-15-24/h4-7,10-13,19H,3,8-9,14-15H2,1-2H3,(H,23,25)/t19-/m0/s1. The summed E-state index contributed by atoms with van der Waals surface area (Å²) < 4.78 is 5.92. The van der Waals surface area contributed by atoms with Gasteiger partial charge < -0.3 is 15.0 Å². The zero-order chi connectivity index (χ0) is 19.2. The van der Waals surface area contributed by atoms with Crippen molar-refractivity contribution in [1.82, 2.24) is 4.90 Å². The number of amides is 2. The number of para-hydroxylation sites is 2. The minimum Gasteiger partial charge on any atom is -0.480 e. The van der Waals surface area contributed by atoms with Crippen LogP contribution in [-0.4, -0.2) is 35.9 Å². The highest BCUT2D eigenvalue weighted by Gasteiger charge is 2.24. The molecule has 1 saturated heterocycles. The van der Waals surface area contributed by atoms with Crippen LogP contribution in [0.1, 0.15) is 42.1 Å². The zero-order valence-corrected chi connectivity index (χ0v) is 15.9. The third-order valence-corrected chi connectivity index (χ3v) is 4.83. The van der Waals surface area contributed by atoms with Gasteiger partial charge in [-0.3, -0.25) is 9.59 Å². The number of carbonyl (C=O) groups excluding carboxylic acids is 2. The first-order chi connectivity index (χ1) is 13.1. The summed E-state index contributed by atoms with van der Waals surface area (Å²) in [7, 11) is 0. The summed E-state index contributed by atoms with van der Waals surface area (Å²) in [5, 5.41) is 2.89. The number of hydrogen-bond acceptors (Lipinski definition) is 3. The maximum Gasteiger partial charge on any atom is 0.265 e. The molecule has 5 heteroatoms. The summed E-state index contributed by atoms with van der Waals surface area (Å²) in [6, 6.07) is 14.8. The molecule has 142 valence electrons. The molecular weight excluding hydrogens is 340 g/mol. The minimum absolute atomic E-state index is 0.0312.